The van der Waals surface area contributed by atoms with Crippen molar-refractivity contribution in [2.24, 2.45) is 7.05 Å². The van der Waals surface area contributed by atoms with Gasteiger partial charge in [0.15, 0.2) is 0 Å². The number of aryl methyl sites for hydroxylation is 1. The summed E-state index contributed by atoms with van der Waals surface area (Å²) in [5, 5.41) is 16.6. The van der Waals surface area contributed by atoms with Crippen LogP contribution < -0.4 is 16.0 Å². The molecule has 1 saturated carbocycles. The second kappa shape index (κ2) is 7.11. The monoisotopic (exact) mass is 411 g/mol. The molecule has 2 aromatic heterocycles. The molecule has 0 amide bonds. The highest BCUT2D eigenvalue weighted by Crippen LogP contribution is 2.49. The van der Waals surface area contributed by atoms with Crippen molar-refractivity contribution in [3.05, 3.63) is 58.8 Å². The van der Waals surface area contributed by atoms with Gasteiger partial charge in [-0.05, 0) is 31.0 Å². The molecule has 1 aliphatic carbocycles. The van der Waals surface area contributed by atoms with Gasteiger partial charge in [0, 0.05) is 30.7 Å². The van der Waals surface area contributed by atoms with Crippen LogP contribution in [0.2, 0.25) is 5.02 Å². The van der Waals surface area contributed by atoms with Crippen molar-refractivity contribution in [1.82, 2.24) is 20.4 Å². The summed E-state index contributed by atoms with van der Waals surface area (Å²) in [6, 6.07) is 6.09. The topological polar surface area (TPSA) is 67.0 Å². The molecular formula is C22H26ClN5O. The van der Waals surface area contributed by atoms with Crippen molar-refractivity contribution in [3.8, 4) is 0 Å². The second-order valence-corrected chi connectivity index (χ2v) is 8.60. The third-order valence-corrected chi connectivity index (χ3v) is 6.33. The van der Waals surface area contributed by atoms with Crippen molar-refractivity contribution in [2.75, 3.05) is 5.32 Å². The quantitative estimate of drug-likeness (QED) is 0.577. The molecule has 1 aliphatic heterocycles. The number of rotatable bonds is 4. The number of aromatic nitrogens is 2. The fourth-order valence-corrected chi connectivity index (χ4v) is 5.06. The summed E-state index contributed by atoms with van der Waals surface area (Å²) in [5.41, 5.74) is 3.87. The molecule has 5 rings (SSSR count). The summed E-state index contributed by atoms with van der Waals surface area (Å²) in [6.07, 6.45) is 7.71. The Balaban J connectivity index is 1.49. The first kappa shape index (κ1) is 18.6. The maximum absolute atomic E-state index is 6.69. The van der Waals surface area contributed by atoms with Gasteiger partial charge < -0.3 is 20.4 Å². The van der Waals surface area contributed by atoms with E-state index in [9.17, 15) is 0 Å². The highest BCUT2D eigenvalue weighted by molar-refractivity contribution is 6.34. The summed E-state index contributed by atoms with van der Waals surface area (Å²) < 4.78 is 8.18. The lowest BCUT2D eigenvalue weighted by Crippen LogP contribution is -2.48. The Kier molecular flexibility index (Phi) is 4.56. The molecule has 29 heavy (non-hydrogen) atoms. The molecule has 152 valence electrons. The molecule has 0 bridgehead atoms. The zero-order valence-corrected chi connectivity index (χ0v) is 17.4. The summed E-state index contributed by atoms with van der Waals surface area (Å²) in [4.78, 5) is 0. The normalized spacial score (nSPS) is 17.9. The molecule has 3 heterocycles. The van der Waals surface area contributed by atoms with Gasteiger partial charge in [-0.1, -0.05) is 37.4 Å². The van der Waals surface area contributed by atoms with Crippen molar-refractivity contribution >= 4 is 28.3 Å². The smallest absolute Gasteiger partial charge is 0.142 e. The molecular weight excluding hydrogens is 386 g/mol. The van der Waals surface area contributed by atoms with Gasteiger partial charge in [0.1, 0.15) is 11.3 Å². The van der Waals surface area contributed by atoms with E-state index >= 15 is 0 Å². The number of anilines is 1. The fraction of sp³-hybridized carbons (Fsp3) is 0.409. The van der Waals surface area contributed by atoms with Crippen LogP contribution in [0.5, 0.6) is 0 Å². The second-order valence-electron chi connectivity index (χ2n) is 8.20. The Morgan fingerprint density at radius 2 is 2.10 bits per heavy atom. The van der Waals surface area contributed by atoms with E-state index < -0.39 is 0 Å². The average molecular weight is 412 g/mol. The number of halogens is 1. The standard InChI is InChI=1S/C22H26ClN5O/c1-14-25-20-18(23)11-15-10-17(13-24-12-16-6-9-28(2)27-16)29-21(15)19(20)22(26-14)7-4-3-5-8-22/h6,9-11,24-26H,1,3-5,7-8,12-13H2,2H3. The van der Waals surface area contributed by atoms with Crippen molar-refractivity contribution < 1.29 is 4.42 Å². The highest BCUT2D eigenvalue weighted by atomic mass is 35.5. The van der Waals surface area contributed by atoms with Crippen LogP contribution in [0, 0.1) is 0 Å². The van der Waals surface area contributed by atoms with Crippen molar-refractivity contribution in [1.29, 1.82) is 0 Å². The molecule has 0 atom stereocenters. The minimum absolute atomic E-state index is 0.157. The van der Waals surface area contributed by atoms with Crippen LogP contribution in [0.25, 0.3) is 11.0 Å². The van der Waals surface area contributed by atoms with Gasteiger partial charge in [0.05, 0.1) is 34.3 Å². The Labute approximate surface area is 175 Å². The van der Waals surface area contributed by atoms with E-state index in [1.54, 1.807) is 0 Å². The van der Waals surface area contributed by atoms with Crippen molar-refractivity contribution in [3.63, 3.8) is 0 Å². The third kappa shape index (κ3) is 3.30. The summed E-state index contributed by atoms with van der Waals surface area (Å²) >= 11 is 6.69. The molecule has 0 unspecified atom stereocenters. The third-order valence-electron chi connectivity index (χ3n) is 6.04. The van der Waals surface area contributed by atoms with Crippen LogP contribution >= 0.6 is 11.6 Å². The van der Waals surface area contributed by atoms with Crippen LogP contribution in [-0.4, -0.2) is 9.78 Å². The van der Waals surface area contributed by atoms with Gasteiger partial charge in [-0.25, -0.2) is 0 Å². The van der Waals surface area contributed by atoms with E-state index in [4.69, 9.17) is 16.0 Å². The van der Waals surface area contributed by atoms with Crippen LogP contribution in [-0.2, 0) is 25.7 Å². The number of furan rings is 1. The largest absolute Gasteiger partial charge is 0.459 e. The first-order valence-electron chi connectivity index (χ1n) is 10.2. The first-order chi connectivity index (χ1) is 14.0. The Bertz CT molecular complexity index is 1080. The van der Waals surface area contributed by atoms with Gasteiger partial charge in [0.2, 0.25) is 0 Å². The lowest BCUT2D eigenvalue weighted by atomic mass is 9.74. The molecule has 7 heteroatoms. The van der Waals surface area contributed by atoms with E-state index in [-0.39, 0.29) is 5.54 Å². The molecule has 1 fully saturated rings. The number of fused-ring (bicyclic) bond motifs is 4. The van der Waals surface area contributed by atoms with Gasteiger partial charge in [-0.3, -0.25) is 4.68 Å². The van der Waals surface area contributed by atoms with Gasteiger partial charge >= 0.3 is 0 Å². The highest BCUT2D eigenvalue weighted by Gasteiger charge is 2.42. The maximum Gasteiger partial charge on any atom is 0.142 e. The molecule has 2 aliphatic rings. The van der Waals surface area contributed by atoms with E-state index in [0.717, 1.165) is 52.3 Å². The SMILES string of the molecule is C=C1Nc2c(Cl)cc3cc(CNCc4ccn(C)n4)oc3c2C2(CCCCC2)N1. The summed E-state index contributed by atoms with van der Waals surface area (Å²) in [7, 11) is 1.92. The number of benzene rings is 1. The molecule has 6 nitrogen and oxygen atoms in total. The number of nitrogens with one attached hydrogen (secondary N) is 3. The zero-order chi connectivity index (χ0) is 20.0. The molecule has 0 saturated heterocycles. The molecule has 1 aromatic carbocycles. The van der Waals surface area contributed by atoms with Gasteiger partial charge in [-0.15, -0.1) is 0 Å². The number of hydrogen-bond acceptors (Lipinski definition) is 5. The summed E-state index contributed by atoms with van der Waals surface area (Å²) in [5.74, 6) is 1.71. The van der Waals surface area contributed by atoms with E-state index in [1.807, 2.05) is 30.1 Å². The lowest BCUT2D eigenvalue weighted by Gasteiger charge is -2.44. The van der Waals surface area contributed by atoms with Crippen molar-refractivity contribution in [2.45, 2.75) is 50.7 Å². The van der Waals surface area contributed by atoms with Crippen LogP contribution in [0.15, 0.2) is 41.2 Å². The number of nitrogens with zero attached hydrogens (tertiary/aromatic N) is 2. The van der Waals surface area contributed by atoms with Crippen LogP contribution in [0.4, 0.5) is 5.69 Å². The maximum atomic E-state index is 6.69. The summed E-state index contributed by atoms with van der Waals surface area (Å²) in [6.45, 7) is 5.47. The Hall–Kier alpha value is -2.44. The molecule has 1 spiro atoms. The predicted molar refractivity (Wildman–Crippen MR) is 116 cm³/mol. The van der Waals surface area contributed by atoms with E-state index in [2.05, 4.69) is 33.7 Å². The van der Waals surface area contributed by atoms with E-state index in [1.165, 1.54) is 19.3 Å². The minimum atomic E-state index is -0.157. The Morgan fingerprint density at radius 3 is 2.86 bits per heavy atom. The first-order valence-corrected chi connectivity index (χ1v) is 10.6. The molecule has 3 N–H and O–H groups in total. The number of hydrogen-bond donors (Lipinski definition) is 3. The van der Waals surface area contributed by atoms with Crippen LogP contribution in [0.3, 0.4) is 0 Å². The van der Waals surface area contributed by atoms with Gasteiger partial charge in [-0.2, -0.15) is 5.10 Å². The Morgan fingerprint density at radius 1 is 1.28 bits per heavy atom. The molecule has 3 aromatic rings. The fourth-order valence-electron chi connectivity index (χ4n) is 4.80. The van der Waals surface area contributed by atoms with E-state index in [0.29, 0.717) is 18.1 Å². The predicted octanol–water partition coefficient (Wildman–Crippen LogP) is 4.76. The van der Waals surface area contributed by atoms with Crippen LogP contribution in [0.1, 0.15) is 49.1 Å². The average Bonchev–Trinajstić information content (AvgIpc) is 3.28. The lowest BCUT2D eigenvalue weighted by molar-refractivity contribution is 0.250. The van der Waals surface area contributed by atoms with Gasteiger partial charge in [0.25, 0.3) is 0 Å². The minimum Gasteiger partial charge on any atom is -0.459 e. The zero-order valence-electron chi connectivity index (χ0n) is 16.6. The molecule has 0 radical (unpaired) electrons.